The second-order valence-corrected chi connectivity index (χ2v) is 8.70. The number of ether oxygens (including phenoxy) is 1. The molecule has 4 heterocycles. The number of carbonyl (C=O) groups is 1. The van der Waals surface area contributed by atoms with Crippen LogP contribution in [-0.2, 0) is 30.6 Å². The summed E-state index contributed by atoms with van der Waals surface area (Å²) < 4.78 is 59.0. The summed E-state index contributed by atoms with van der Waals surface area (Å²) in [6.45, 7) is 1.80. The highest BCUT2D eigenvalue weighted by Crippen LogP contribution is 2.38. The highest BCUT2D eigenvalue weighted by molar-refractivity contribution is 5.99. The Bertz CT molecular complexity index is 1490. The van der Waals surface area contributed by atoms with Gasteiger partial charge in [-0.2, -0.15) is 13.2 Å². The van der Waals surface area contributed by atoms with E-state index in [4.69, 9.17) is 10.5 Å². The van der Waals surface area contributed by atoms with E-state index in [1.54, 1.807) is 18.2 Å². The Morgan fingerprint density at radius 3 is 2.68 bits per heavy atom. The molecule has 0 radical (unpaired) electrons. The molecule has 0 aliphatic carbocycles. The number of carbonyl (C=O) groups excluding carboxylic acids is 1. The van der Waals surface area contributed by atoms with E-state index < -0.39 is 23.5 Å². The van der Waals surface area contributed by atoms with Crippen LogP contribution in [0.5, 0.6) is 0 Å². The molecule has 7 nitrogen and oxygen atoms in total. The van der Waals surface area contributed by atoms with Gasteiger partial charge in [-0.15, -0.1) is 0 Å². The van der Waals surface area contributed by atoms with Crippen molar-refractivity contribution in [2.24, 2.45) is 0 Å². The Balaban J connectivity index is 1.52. The Hall–Kier alpha value is -4.12. The predicted molar refractivity (Wildman–Crippen MR) is 126 cm³/mol. The number of hydrogen-bond acceptors (Lipinski definition) is 6. The summed E-state index contributed by atoms with van der Waals surface area (Å²) in [4.78, 5) is 27.3. The van der Waals surface area contributed by atoms with E-state index in [2.05, 4.69) is 15.0 Å². The monoisotopic (exact) mass is 511 g/mol. The summed E-state index contributed by atoms with van der Waals surface area (Å²) in [5.74, 6) is -0.721. The highest BCUT2D eigenvalue weighted by Gasteiger charge is 2.31. The molecule has 1 aliphatic heterocycles. The smallest absolute Gasteiger partial charge is 0.383 e. The van der Waals surface area contributed by atoms with Crippen LogP contribution < -0.4 is 5.73 Å². The van der Waals surface area contributed by atoms with E-state index in [0.717, 1.165) is 17.2 Å². The average molecular weight is 511 g/mol. The molecule has 0 unspecified atom stereocenters. The lowest BCUT2D eigenvalue weighted by Gasteiger charge is -2.23. The van der Waals surface area contributed by atoms with E-state index in [-0.39, 0.29) is 36.1 Å². The molecule has 1 amide bonds. The average Bonchev–Trinajstić information content (AvgIpc) is 3.26. The van der Waals surface area contributed by atoms with Gasteiger partial charge in [-0.1, -0.05) is 0 Å². The maximum atomic E-state index is 14.4. The van der Waals surface area contributed by atoms with Gasteiger partial charge in [0.1, 0.15) is 11.6 Å². The molecular weight excluding hydrogens is 490 g/mol. The first-order chi connectivity index (χ1) is 17.6. The second-order valence-electron chi connectivity index (χ2n) is 8.70. The minimum Gasteiger partial charge on any atom is -0.383 e. The van der Waals surface area contributed by atoms with Gasteiger partial charge in [0.2, 0.25) is 0 Å². The number of benzene rings is 1. The number of hydrogen-bond donors (Lipinski definition) is 1. The number of pyridine rings is 3. The number of nitrogen functional groups attached to an aromatic ring is 1. The topological polar surface area (TPSA) is 94.2 Å². The maximum absolute atomic E-state index is 14.4. The summed E-state index contributed by atoms with van der Waals surface area (Å²) in [7, 11) is 0. The van der Waals surface area contributed by atoms with Crippen molar-refractivity contribution in [2.45, 2.75) is 38.9 Å². The number of amides is 1. The summed E-state index contributed by atoms with van der Waals surface area (Å²) >= 11 is 0. The fraction of sp³-hybridized carbons (Fsp3) is 0.231. The summed E-state index contributed by atoms with van der Waals surface area (Å²) in [6.07, 6.45) is -2.67. The van der Waals surface area contributed by atoms with Crippen molar-refractivity contribution in [1.29, 1.82) is 0 Å². The van der Waals surface area contributed by atoms with Gasteiger partial charge in [-0.25, -0.2) is 9.37 Å². The minimum absolute atomic E-state index is 0.0149. The van der Waals surface area contributed by atoms with Gasteiger partial charge < -0.3 is 15.4 Å². The number of rotatable bonds is 5. The van der Waals surface area contributed by atoms with Gasteiger partial charge in [0, 0.05) is 28.9 Å². The zero-order valence-corrected chi connectivity index (χ0v) is 19.6. The molecule has 190 valence electrons. The van der Waals surface area contributed by atoms with Crippen LogP contribution in [0.2, 0.25) is 0 Å². The molecular formula is C26H21F4N5O2. The molecule has 1 aliphatic rings. The molecule has 0 saturated carbocycles. The van der Waals surface area contributed by atoms with Gasteiger partial charge in [0.05, 0.1) is 48.3 Å². The molecule has 1 atom stereocenters. The van der Waals surface area contributed by atoms with E-state index in [9.17, 15) is 22.4 Å². The lowest BCUT2D eigenvalue weighted by molar-refractivity contribution is -0.137. The molecule has 4 aromatic rings. The van der Waals surface area contributed by atoms with Crippen molar-refractivity contribution in [2.75, 3.05) is 5.73 Å². The fourth-order valence-electron chi connectivity index (χ4n) is 4.38. The van der Waals surface area contributed by atoms with E-state index in [0.29, 0.717) is 29.5 Å². The fourth-order valence-corrected chi connectivity index (χ4v) is 4.38. The van der Waals surface area contributed by atoms with Gasteiger partial charge in [0.15, 0.2) is 0 Å². The Morgan fingerprint density at radius 1 is 1.16 bits per heavy atom. The summed E-state index contributed by atoms with van der Waals surface area (Å²) in [5.41, 5.74) is 7.92. The van der Waals surface area contributed by atoms with E-state index in [1.165, 1.54) is 29.3 Å². The van der Waals surface area contributed by atoms with Crippen LogP contribution in [0.25, 0.3) is 10.9 Å². The number of nitrogens with zero attached hydrogens (tertiary/aromatic N) is 4. The second kappa shape index (κ2) is 9.40. The number of anilines is 1. The van der Waals surface area contributed by atoms with E-state index in [1.807, 2.05) is 6.92 Å². The number of halogens is 4. The lowest BCUT2D eigenvalue weighted by Crippen LogP contribution is -2.31. The zero-order valence-electron chi connectivity index (χ0n) is 19.6. The van der Waals surface area contributed by atoms with Crippen molar-refractivity contribution in [1.82, 2.24) is 19.9 Å². The third-order valence-corrected chi connectivity index (χ3v) is 6.26. The standard InChI is InChI=1S/C26H21F4N5O2/c1-14-23-19(13-37-14)18-9-15(4-7-21(18)34-24(23)31)25(36)35(12-22-20(27)3-2-8-32-22)11-17-6-5-16(10-33-17)26(28,29)30/h2-10,14H,11-13H2,1H3,(H2,31,34)/t14-/m1/s1. The largest absolute Gasteiger partial charge is 0.417 e. The number of nitrogens with two attached hydrogens (primary N) is 1. The van der Waals surface area contributed by atoms with Crippen molar-refractivity contribution in [3.8, 4) is 0 Å². The Labute approximate surface area is 208 Å². The van der Waals surface area contributed by atoms with Gasteiger partial charge in [-0.05, 0) is 55.0 Å². The lowest BCUT2D eigenvalue weighted by atomic mass is 10.00. The molecule has 11 heteroatoms. The zero-order chi connectivity index (χ0) is 26.3. The van der Waals surface area contributed by atoms with Crippen LogP contribution in [0.4, 0.5) is 23.4 Å². The first kappa shape index (κ1) is 24.6. The first-order valence-electron chi connectivity index (χ1n) is 11.4. The normalized spacial score (nSPS) is 15.1. The van der Waals surface area contributed by atoms with Gasteiger partial charge in [0.25, 0.3) is 5.91 Å². The SMILES string of the molecule is C[C@H]1OCc2c1c(N)nc1ccc(C(=O)N(Cc3ccc(C(F)(F)F)cn3)Cc3ncccc3F)cc21. The molecule has 0 spiro atoms. The first-order valence-corrected chi connectivity index (χ1v) is 11.4. The van der Waals surface area contributed by atoms with Crippen LogP contribution in [0.1, 0.15) is 51.5 Å². The van der Waals surface area contributed by atoms with Crippen LogP contribution in [-0.4, -0.2) is 25.8 Å². The number of alkyl halides is 3. The maximum Gasteiger partial charge on any atom is 0.417 e. The van der Waals surface area contributed by atoms with Crippen LogP contribution in [0, 0.1) is 5.82 Å². The van der Waals surface area contributed by atoms with Gasteiger partial charge in [-0.3, -0.25) is 14.8 Å². The molecule has 37 heavy (non-hydrogen) atoms. The molecule has 2 N–H and O–H groups in total. The Kier molecular flexibility index (Phi) is 6.24. The highest BCUT2D eigenvalue weighted by atomic mass is 19.4. The third kappa shape index (κ3) is 4.82. The van der Waals surface area contributed by atoms with Crippen LogP contribution in [0.3, 0.4) is 0 Å². The molecule has 0 saturated heterocycles. The predicted octanol–water partition coefficient (Wildman–Crippen LogP) is 5.20. The third-order valence-electron chi connectivity index (χ3n) is 6.26. The van der Waals surface area contributed by atoms with Crippen LogP contribution >= 0.6 is 0 Å². The molecule has 0 bridgehead atoms. The van der Waals surface area contributed by atoms with Crippen LogP contribution in [0.15, 0.2) is 54.9 Å². The Morgan fingerprint density at radius 2 is 1.97 bits per heavy atom. The van der Waals surface area contributed by atoms with Crippen molar-refractivity contribution < 1.29 is 27.1 Å². The number of fused-ring (bicyclic) bond motifs is 3. The quantitative estimate of drug-likeness (QED) is 0.370. The molecule has 0 fully saturated rings. The number of aromatic nitrogens is 3. The minimum atomic E-state index is -4.54. The van der Waals surface area contributed by atoms with E-state index >= 15 is 0 Å². The van der Waals surface area contributed by atoms with Crippen molar-refractivity contribution in [3.63, 3.8) is 0 Å². The van der Waals surface area contributed by atoms with Crippen molar-refractivity contribution in [3.05, 3.63) is 94.3 Å². The van der Waals surface area contributed by atoms with Crippen molar-refractivity contribution >= 4 is 22.6 Å². The molecule has 3 aromatic heterocycles. The summed E-state index contributed by atoms with van der Waals surface area (Å²) in [5, 5.41) is 0.705. The molecule has 1 aromatic carbocycles. The molecule has 5 rings (SSSR count). The summed E-state index contributed by atoms with van der Waals surface area (Å²) in [6, 6.07) is 9.64. The van der Waals surface area contributed by atoms with Gasteiger partial charge >= 0.3 is 6.18 Å².